The molecule has 0 radical (unpaired) electrons. The number of halogens is 5. The maximum absolute atomic E-state index is 13.0. The highest BCUT2D eigenvalue weighted by atomic mass is 35.5. The number of aromatic amines is 1. The topological polar surface area (TPSA) is 111 Å². The molecule has 1 aliphatic carbocycles. The van der Waals surface area contributed by atoms with Gasteiger partial charge in [-0.1, -0.05) is 41.4 Å². The normalized spacial score (nSPS) is 20.9. The molecule has 3 atom stereocenters. The van der Waals surface area contributed by atoms with E-state index in [2.05, 4.69) is 15.3 Å². The van der Waals surface area contributed by atoms with Gasteiger partial charge in [0, 0.05) is 43.1 Å². The summed E-state index contributed by atoms with van der Waals surface area (Å²) in [6.07, 6.45) is -4.65. The van der Waals surface area contributed by atoms with Crippen molar-refractivity contribution in [3.05, 3.63) is 68.3 Å². The molecule has 1 aromatic carbocycles. The summed E-state index contributed by atoms with van der Waals surface area (Å²) in [6.45, 7) is 2.64. The molecule has 190 valence electrons. The fourth-order valence-electron chi connectivity index (χ4n) is 4.66. The minimum Gasteiger partial charge on any atom is -0.475 e. The zero-order chi connectivity index (χ0) is 25.9. The number of carbonyl (C=O) groups excluding carboxylic acids is 1. The highest BCUT2D eigenvalue weighted by Gasteiger charge is 2.57. The number of H-pyrrole nitrogens is 1. The number of aromatic carboxylic acids is 1. The molecule has 3 heterocycles. The quantitative estimate of drug-likeness (QED) is 0.413. The number of oxazole rings is 1. The Kier molecular flexibility index (Phi) is 5.95. The van der Waals surface area contributed by atoms with Gasteiger partial charge in [-0.3, -0.25) is 4.79 Å². The number of hydrogen-bond donors (Lipinski definition) is 3. The summed E-state index contributed by atoms with van der Waals surface area (Å²) < 4.78 is 44.6. The van der Waals surface area contributed by atoms with Crippen molar-refractivity contribution in [2.45, 2.75) is 25.6 Å². The second-order valence-electron chi connectivity index (χ2n) is 8.94. The van der Waals surface area contributed by atoms with Gasteiger partial charge in [0.15, 0.2) is 0 Å². The lowest BCUT2D eigenvalue weighted by Gasteiger charge is -2.17. The van der Waals surface area contributed by atoms with Crippen LogP contribution in [0.1, 0.15) is 43.6 Å². The lowest BCUT2D eigenvalue weighted by atomic mass is 10.1. The van der Waals surface area contributed by atoms with Crippen LogP contribution in [-0.4, -0.2) is 46.1 Å². The highest BCUT2D eigenvalue weighted by molar-refractivity contribution is 6.44. The van der Waals surface area contributed by atoms with Crippen molar-refractivity contribution in [1.29, 1.82) is 0 Å². The maximum Gasteiger partial charge on any atom is 0.416 e. The third kappa shape index (κ3) is 4.41. The first-order valence-corrected chi connectivity index (χ1v) is 11.7. The van der Waals surface area contributed by atoms with Crippen LogP contribution in [0.15, 0.2) is 28.7 Å². The predicted octanol–water partition coefficient (Wildman–Crippen LogP) is 4.79. The van der Waals surface area contributed by atoms with Crippen molar-refractivity contribution in [3.63, 3.8) is 0 Å². The van der Waals surface area contributed by atoms with Gasteiger partial charge in [-0.25, -0.2) is 4.79 Å². The number of carboxylic acid groups (broad SMARTS) is 1. The van der Waals surface area contributed by atoms with E-state index in [0.29, 0.717) is 23.8 Å². The summed E-state index contributed by atoms with van der Waals surface area (Å²) >= 11 is 12.1. The third-order valence-electron chi connectivity index (χ3n) is 6.55. The number of fused-ring (bicyclic) bond motifs is 1. The number of aromatic nitrogens is 2. The number of amides is 1. The number of carbonyl (C=O) groups is 2. The first-order chi connectivity index (χ1) is 16.9. The molecule has 13 heteroatoms. The van der Waals surface area contributed by atoms with Gasteiger partial charge in [0.2, 0.25) is 5.76 Å². The van der Waals surface area contributed by atoms with Crippen LogP contribution in [-0.2, 0) is 12.6 Å². The van der Waals surface area contributed by atoms with E-state index in [4.69, 9.17) is 27.6 Å². The van der Waals surface area contributed by atoms with E-state index in [0.717, 1.165) is 12.1 Å². The zero-order valence-corrected chi connectivity index (χ0v) is 20.1. The van der Waals surface area contributed by atoms with Crippen LogP contribution in [0.3, 0.4) is 0 Å². The fourth-order valence-corrected chi connectivity index (χ4v) is 5.08. The molecule has 0 spiro atoms. The van der Waals surface area contributed by atoms with Gasteiger partial charge in [-0.2, -0.15) is 18.2 Å². The molecule has 3 aromatic rings. The van der Waals surface area contributed by atoms with Crippen molar-refractivity contribution in [1.82, 2.24) is 15.3 Å². The first kappa shape index (κ1) is 24.5. The van der Waals surface area contributed by atoms with Crippen LogP contribution in [0, 0.1) is 18.8 Å². The Hall–Kier alpha value is -3.18. The van der Waals surface area contributed by atoms with Crippen LogP contribution < -0.4 is 10.2 Å². The number of hydrogen-bond acceptors (Lipinski definition) is 5. The third-order valence-corrected chi connectivity index (χ3v) is 7.50. The van der Waals surface area contributed by atoms with E-state index < -0.39 is 23.5 Å². The number of nitrogens with zero attached hydrogens (tertiary/aromatic N) is 2. The van der Waals surface area contributed by atoms with Crippen molar-refractivity contribution in [3.8, 4) is 0 Å². The van der Waals surface area contributed by atoms with Gasteiger partial charge >= 0.3 is 12.1 Å². The molecule has 2 aromatic heterocycles. The molecule has 8 nitrogen and oxygen atoms in total. The molecule has 0 bridgehead atoms. The molecule has 2 aliphatic rings. The summed E-state index contributed by atoms with van der Waals surface area (Å²) in [5, 5.41) is 12.9. The van der Waals surface area contributed by atoms with Gasteiger partial charge in [0.1, 0.15) is 11.4 Å². The number of alkyl halides is 3. The van der Waals surface area contributed by atoms with Gasteiger partial charge < -0.3 is 24.7 Å². The van der Waals surface area contributed by atoms with Gasteiger partial charge in [0.25, 0.3) is 11.9 Å². The molecular formula is C23H19Cl2F3N4O4. The fraction of sp³-hybridized carbons (Fsp3) is 0.348. The maximum atomic E-state index is 13.0. The molecule has 1 saturated heterocycles. The van der Waals surface area contributed by atoms with Crippen LogP contribution in [0.25, 0.3) is 0 Å². The Labute approximate surface area is 212 Å². The van der Waals surface area contributed by atoms with Crippen molar-refractivity contribution < 1.29 is 32.3 Å². The number of carboxylic acids is 1. The molecule has 5 rings (SSSR count). The minimum absolute atomic E-state index is 0.0379. The molecule has 1 unspecified atom stereocenters. The van der Waals surface area contributed by atoms with Crippen LogP contribution in [0.4, 0.5) is 19.2 Å². The number of piperidine rings is 1. The Morgan fingerprint density at radius 3 is 2.53 bits per heavy atom. The number of rotatable bonds is 6. The molecule has 1 amide bonds. The Morgan fingerprint density at radius 1 is 1.25 bits per heavy atom. The average molecular weight is 543 g/mol. The highest BCUT2D eigenvalue weighted by Crippen LogP contribution is 2.47. The summed E-state index contributed by atoms with van der Waals surface area (Å²) in [6, 6.07) is 4.63. The summed E-state index contributed by atoms with van der Waals surface area (Å²) in [5.41, 5.74) is 0.256. The minimum atomic E-state index is -4.51. The lowest BCUT2D eigenvalue weighted by molar-refractivity contribution is -0.137. The molecular weight excluding hydrogens is 524 g/mol. The smallest absolute Gasteiger partial charge is 0.416 e. The lowest BCUT2D eigenvalue weighted by Crippen LogP contribution is -2.35. The predicted molar refractivity (Wildman–Crippen MR) is 124 cm³/mol. The molecule has 36 heavy (non-hydrogen) atoms. The van der Waals surface area contributed by atoms with Crippen LogP contribution >= 0.6 is 23.2 Å². The van der Waals surface area contributed by atoms with E-state index in [-0.39, 0.29) is 58.2 Å². The van der Waals surface area contributed by atoms with E-state index in [1.807, 2.05) is 0 Å². The number of anilines is 1. The van der Waals surface area contributed by atoms with E-state index in [1.54, 1.807) is 11.8 Å². The van der Waals surface area contributed by atoms with Gasteiger partial charge in [0.05, 0.1) is 15.6 Å². The second-order valence-corrected chi connectivity index (χ2v) is 9.69. The summed E-state index contributed by atoms with van der Waals surface area (Å²) in [4.78, 5) is 33.2. The summed E-state index contributed by atoms with van der Waals surface area (Å²) in [7, 11) is 0. The van der Waals surface area contributed by atoms with E-state index >= 15 is 0 Å². The first-order valence-electron chi connectivity index (χ1n) is 10.9. The Morgan fingerprint density at radius 2 is 1.94 bits per heavy atom. The van der Waals surface area contributed by atoms with E-state index in [9.17, 15) is 27.9 Å². The zero-order valence-electron chi connectivity index (χ0n) is 18.6. The number of benzene rings is 1. The molecule has 1 saturated carbocycles. The average Bonchev–Trinajstić information content (AvgIpc) is 3.18. The van der Waals surface area contributed by atoms with Crippen LogP contribution in [0.2, 0.25) is 10.0 Å². The largest absolute Gasteiger partial charge is 0.475 e. The monoisotopic (exact) mass is 542 g/mol. The molecule has 3 N–H and O–H groups in total. The number of aryl methyl sites for hydroxylation is 1. The SMILES string of the molecule is Cc1[nH]c(C(=O)NC2[C@H]3CN(c4nc(Cc5cccc(C(F)(F)F)c5)c(C(=O)O)o4)C[C@@H]23)c(Cl)c1Cl. The van der Waals surface area contributed by atoms with E-state index in [1.165, 1.54) is 12.1 Å². The van der Waals surface area contributed by atoms with Crippen molar-refractivity contribution >= 4 is 41.1 Å². The number of nitrogens with one attached hydrogen (secondary N) is 2. The Balaban J connectivity index is 1.26. The Bertz CT molecular complexity index is 1360. The van der Waals surface area contributed by atoms with Crippen molar-refractivity contribution in [2.75, 3.05) is 18.0 Å². The van der Waals surface area contributed by atoms with Crippen LogP contribution in [0.5, 0.6) is 0 Å². The second kappa shape index (κ2) is 8.74. The summed E-state index contributed by atoms with van der Waals surface area (Å²) in [5.74, 6) is -1.94. The van der Waals surface area contributed by atoms with Gasteiger partial charge in [-0.15, -0.1) is 0 Å². The van der Waals surface area contributed by atoms with Crippen molar-refractivity contribution in [2.24, 2.45) is 11.8 Å². The standard InChI is InChI=1S/C23H19Cl2F3N4O4/c1-9-15(24)16(25)18(29-9)20(33)31-17-12-7-32(8-13(12)17)22-30-14(19(36-22)21(34)35)6-10-3-2-4-11(5-10)23(26,27)28/h2-5,12-13,17,29H,6-8H2,1H3,(H,31,33)(H,34,35)/t12-,13+,17?. The van der Waals surface area contributed by atoms with Gasteiger partial charge in [-0.05, 0) is 18.6 Å². The molecule has 2 fully saturated rings. The molecule has 1 aliphatic heterocycles.